The van der Waals surface area contributed by atoms with Crippen LogP contribution in [0.5, 0.6) is 0 Å². The third kappa shape index (κ3) is 6.10. The fourth-order valence-electron chi connectivity index (χ4n) is 2.27. The lowest BCUT2D eigenvalue weighted by Crippen LogP contribution is -2.28. The fraction of sp³-hybridized carbons (Fsp3) is 0.211. The third-order valence-corrected chi connectivity index (χ3v) is 3.52. The summed E-state index contributed by atoms with van der Waals surface area (Å²) in [7, 11) is 1.55. The van der Waals surface area contributed by atoms with Crippen LogP contribution in [0.2, 0.25) is 0 Å². The van der Waals surface area contributed by atoms with Gasteiger partial charge in [-0.25, -0.2) is 0 Å². The molecule has 0 aliphatic heterocycles. The number of carbonyl (C=O) groups is 3. The summed E-state index contributed by atoms with van der Waals surface area (Å²) in [5.41, 5.74) is 1.94. The first-order valence-electron chi connectivity index (χ1n) is 8.01. The maximum atomic E-state index is 11.9. The molecule has 0 bridgehead atoms. The van der Waals surface area contributed by atoms with Gasteiger partial charge in [-0.1, -0.05) is 36.4 Å². The summed E-state index contributed by atoms with van der Waals surface area (Å²) in [5, 5.41) is 7.97. The van der Waals surface area contributed by atoms with E-state index in [-0.39, 0.29) is 37.1 Å². The van der Waals surface area contributed by atoms with Gasteiger partial charge in [0, 0.05) is 31.3 Å². The number of hydrogen-bond acceptors (Lipinski definition) is 3. The van der Waals surface area contributed by atoms with Crippen molar-refractivity contribution in [3.8, 4) is 0 Å². The molecule has 0 spiro atoms. The largest absolute Gasteiger partial charge is 0.355 e. The molecule has 0 saturated carbocycles. The van der Waals surface area contributed by atoms with Gasteiger partial charge >= 0.3 is 0 Å². The van der Waals surface area contributed by atoms with E-state index in [9.17, 15) is 14.4 Å². The first kappa shape index (κ1) is 18.2. The Morgan fingerprint density at radius 1 is 0.920 bits per heavy atom. The standard InChI is InChI=1S/C19H21N3O3/c1-20-19(25)15-8-5-9-16(13-15)22-17(23)10-11-21-18(24)12-14-6-3-2-4-7-14/h2-9,13H,10-12H2,1H3,(H,20,25)(H,21,24)(H,22,23). The Kier molecular flexibility index (Phi) is 6.71. The predicted octanol–water partition coefficient (Wildman–Crippen LogP) is 1.73. The molecule has 0 radical (unpaired) electrons. The molecule has 0 unspecified atom stereocenters. The predicted molar refractivity (Wildman–Crippen MR) is 96.2 cm³/mol. The van der Waals surface area contributed by atoms with Crippen molar-refractivity contribution in [1.29, 1.82) is 0 Å². The Morgan fingerprint density at radius 3 is 2.40 bits per heavy atom. The number of rotatable bonds is 7. The molecular weight excluding hydrogens is 318 g/mol. The van der Waals surface area contributed by atoms with Gasteiger partial charge in [-0.15, -0.1) is 0 Å². The van der Waals surface area contributed by atoms with Crippen molar-refractivity contribution in [3.05, 3.63) is 65.7 Å². The lowest BCUT2D eigenvalue weighted by atomic mass is 10.1. The third-order valence-electron chi connectivity index (χ3n) is 3.52. The summed E-state index contributed by atoms with van der Waals surface area (Å²) in [6.45, 7) is 0.257. The molecule has 3 amide bonds. The zero-order valence-corrected chi connectivity index (χ0v) is 14.0. The first-order valence-corrected chi connectivity index (χ1v) is 8.01. The summed E-state index contributed by atoms with van der Waals surface area (Å²) in [6, 6.07) is 16.1. The minimum absolute atomic E-state index is 0.124. The molecule has 0 saturated heterocycles. The fourth-order valence-corrected chi connectivity index (χ4v) is 2.27. The number of amides is 3. The van der Waals surface area contributed by atoms with Crippen molar-refractivity contribution in [2.75, 3.05) is 18.9 Å². The van der Waals surface area contributed by atoms with E-state index >= 15 is 0 Å². The highest BCUT2D eigenvalue weighted by Crippen LogP contribution is 2.10. The van der Waals surface area contributed by atoms with E-state index in [1.54, 1.807) is 31.3 Å². The zero-order valence-electron chi connectivity index (χ0n) is 14.0. The normalized spacial score (nSPS) is 9.96. The number of nitrogens with one attached hydrogen (secondary N) is 3. The van der Waals surface area contributed by atoms with E-state index in [2.05, 4.69) is 16.0 Å². The highest BCUT2D eigenvalue weighted by atomic mass is 16.2. The Bertz CT molecular complexity index is 745. The van der Waals surface area contributed by atoms with Crippen LogP contribution in [0.25, 0.3) is 0 Å². The van der Waals surface area contributed by atoms with Crippen molar-refractivity contribution < 1.29 is 14.4 Å². The molecule has 6 heteroatoms. The van der Waals surface area contributed by atoms with E-state index in [1.165, 1.54) is 0 Å². The molecular formula is C19H21N3O3. The second kappa shape index (κ2) is 9.22. The van der Waals surface area contributed by atoms with Crippen molar-refractivity contribution in [2.45, 2.75) is 12.8 Å². The molecule has 6 nitrogen and oxygen atoms in total. The molecule has 0 heterocycles. The maximum Gasteiger partial charge on any atom is 0.251 e. The molecule has 0 aromatic heterocycles. The summed E-state index contributed by atoms with van der Waals surface area (Å²) in [6.07, 6.45) is 0.446. The minimum atomic E-state index is -0.228. The lowest BCUT2D eigenvalue weighted by molar-refractivity contribution is -0.120. The Morgan fingerprint density at radius 2 is 1.68 bits per heavy atom. The molecule has 130 valence electrons. The van der Waals surface area contributed by atoms with Crippen molar-refractivity contribution >= 4 is 23.4 Å². The molecule has 2 aromatic carbocycles. The smallest absolute Gasteiger partial charge is 0.251 e. The average Bonchev–Trinajstić information content (AvgIpc) is 2.62. The van der Waals surface area contributed by atoms with Gasteiger partial charge in [-0.3, -0.25) is 14.4 Å². The highest BCUT2D eigenvalue weighted by molar-refractivity contribution is 5.97. The molecule has 0 aliphatic rings. The second-order valence-electron chi connectivity index (χ2n) is 5.47. The van der Waals surface area contributed by atoms with E-state index in [4.69, 9.17) is 0 Å². The van der Waals surface area contributed by atoms with Crippen LogP contribution < -0.4 is 16.0 Å². The summed E-state index contributed by atoms with van der Waals surface area (Å²) in [4.78, 5) is 35.3. The van der Waals surface area contributed by atoms with Gasteiger partial charge in [0.25, 0.3) is 5.91 Å². The van der Waals surface area contributed by atoms with Gasteiger partial charge < -0.3 is 16.0 Å². The van der Waals surface area contributed by atoms with E-state index < -0.39 is 0 Å². The first-order chi connectivity index (χ1) is 12.1. The average molecular weight is 339 g/mol. The quantitative estimate of drug-likeness (QED) is 0.718. The van der Waals surface area contributed by atoms with Crippen LogP contribution in [0.4, 0.5) is 5.69 Å². The Balaban J connectivity index is 1.75. The van der Waals surface area contributed by atoms with Crippen LogP contribution in [-0.2, 0) is 16.0 Å². The van der Waals surface area contributed by atoms with Gasteiger partial charge in [-0.05, 0) is 23.8 Å². The summed E-state index contributed by atoms with van der Waals surface area (Å²) in [5.74, 6) is -0.570. The molecule has 25 heavy (non-hydrogen) atoms. The van der Waals surface area contributed by atoms with Crippen LogP contribution in [0.15, 0.2) is 54.6 Å². The van der Waals surface area contributed by atoms with Gasteiger partial charge in [-0.2, -0.15) is 0 Å². The zero-order chi connectivity index (χ0) is 18.1. The van der Waals surface area contributed by atoms with Gasteiger partial charge in [0.1, 0.15) is 0 Å². The Labute approximate surface area is 146 Å². The topological polar surface area (TPSA) is 87.3 Å². The SMILES string of the molecule is CNC(=O)c1cccc(NC(=O)CCNC(=O)Cc2ccccc2)c1. The van der Waals surface area contributed by atoms with Crippen LogP contribution in [0.1, 0.15) is 22.3 Å². The maximum absolute atomic E-state index is 11.9. The van der Waals surface area contributed by atoms with Gasteiger partial charge in [0.05, 0.1) is 6.42 Å². The summed E-state index contributed by atoms with van der Waals surface area (Å²) >= 11 is 0. The number of carbonyl (C=O) groups excluding carboxylic acids is 3. The minimum Gasteiger partial charge on any atom is -0.355 e. The van der Waals surface area contributed by atoms with E-state index in [1.807, 2.05) is 30.3 Å². The van der Waals surface area contributed by atoms with Crippen LogP contribution in [-0.4, -0.2) is 31.3 Å². The number of benzene rings is 2. The van der Waals surface area contributed by atoms with Crippen LogP contribution in [0, 0.1) is 0 Å². The molecule has 3 N–H and O–H groups in total. The molecule has 0 aliphatic carbocycles. The highest BCUT2D eigenvalue weighted by Gasteiger charge is 2.08. The van der Waals surface area contributed by atoms with Crippen LogP contribution >= 0.6 is 0 Å². The van der Waals surface area contributed by atoms with Crippen molar-refractivity contribution in [3.63, 3.8) is 0 Å². The molecule has 0 atom stereocenters. The molecule has 2 aromatic rings. The monoisotopic (exact) mass is 339 g/mol. The molecule has 0 fully saturated rings. The van der Waals surface area contributed by atoms with Crippen molar-refractivity contribution in [2.24, 2.45) is 0 Å². The van der Waals surface area contributed by atoms with Gasteiger partial charge in [0.2, 0.25) is 11.8 Å². The van der Waals surface area contributed by atoms with Crippen LogP contribution in [0.3, 0.4) is 0 Å². The number of hydrogen-bond donors (Lipinski definition) is 3. The van der Waals surface area contributed by atoms with Gasteiger partial charge in [0.15, 0.2) is 0 Å². The van der Waals surface area contributed by atoms with E-state index in [0.29, 0.717) is 11.3 Å². The van der Waals surface area contributed by atoms with Crippen molar-refractivity contribution in [1.82, 2.24) is 10.6 Å². The number of anilines is 1. The Hall–Kier alpha value is -3.15. The van der Waals surface area contributed by atoms with E-state index in [0.717, 1.165) is 5.56 Å². The lowest BCUT2D eigenvalue weighted by Gasteiger charge is -2.08. The molecule has 2 rings (SSSR count). The second-order valence-corrected chi connectivity index (χ2v) is 5.47. The summed E-state index contributed by atoms with van der Waals surface area (Å²) < 4.78 is 0.